The van der Waals surface area contributed by atoms with Gasteiger partial charge in [-0.25, -0.2) is 13.6 Å². The maximum atomic E-state index is 13.8. The van der Waals surface area contributed by atoms with E-state index < -0.39 is 36.2 Å². The van der Waals surface area contributed by atoms with Crippen molar-refractivity contribution >= 4 is 11.9 Å². The summed E-state index contributed by atoms with van der Waals surface area (Å²) in [5, 5.41) is 2.50. The van der Waals surface area contributed by atoms with Gasteiger partial charge in [0.1, 0.15) is 11.6 Å². The van der Waals surface area contributed by atoms with Gasteiger partial charge in [0, 0.05) is 11.6 Å². The number of benzene rings is 2. The highest BCUT2D eigenvalue weighted by molar-refractivity contribution is 5.92. The first kappa shape index (κ1) is 22.1. The smallest absolute Gasteiger partial charge is 0.338 e. The second-order valence-corrected chi connectivity index (χ2v) is 6.06. The Morgan fingerprint density at radius 1 is 1.00 bits per heavy atom. The summed E-state index contributed by atoms with van der Waals surface area (Å²) in [5.41, 5.74) is 0.321. The fourth-order valence-corrected chi connectivity index (χ4v) is 2.61. The number of rotatable bonds is 9. The molecule has 156 valence electrons. The Kier molecular flexibility index (Phi) is 7.94. The van der Waals surface area contributed by atoms with Gasteiger partial charge in [0.15, 0.2) is 18.1 Å². The average molecular weight is 407 g/mol. The molecule has 1 N–H and O–H groups in total. The Morgan fingerprint density at radius 3 is 2.34 bits per heavy atom. The molecule has 2 aromatic carbocycles. The van der Waals surface area contributed by atoms with Gasteiger partial charge in [-0.3, -0.25) is 4.79 Å². The molecule has 6 nitrogen and oxygen atoms in total. The second kappa shape index (κ2) is 10.4. The number of hydrogen-bond acceptors (Lipinski definition) is 5. The lowest BCUT2D eigenvalue weighted by molar-refractivity contribution is -0.124. The highest BCUT2D eigenvalue weighted by Gasteiger charge is 2.17. The van der Waals surface area contributed by atoms with Gasteiger partial charge >= 0.3 is 5.97 Å². The SMILES string of the molecule is CCOc1ccc(C(=O)OCC(=O)N[C@H](C)c2ccc(F)cc2F)cc1OCC. The number of carbonyl (C=O) groups is 2. The normalized spacial score (nSPS) is 11.5. The van der Waals surface area contributed by atoms with Crippen molar-refractivity contribution in [2.75, 3.05) is 19.8 Å². The predicted molar refractivity (Wildman–Crippen MR) is 102 cm³/mol. The zero-order valence-corrected chi connectivity index (χ0v) is 16.5. The van der Waals surface area contributed by atoms with E-state index in [0.717, 1.165) is 12.1 Å². The van der Waals surface area contributed by atoms with Gasteiger partial charge in [-0.15, -0.1) is 0 Å². The van der Waals surface area contributed by atoms with Crippen LogP contribution in [0.1, 0.15) is 42.7 Å². The molecular formula is C21H23F2NO5. The quantitative estimate of drug-likeness (QED) is 0.640. The standard InChI is InChI=1S/C21H23F2NO5/c1-4-27-18-9-6-14(10-19(18)28-5-2)21(26)29-12-20(25)24-13(3)16-8-7-15(22)11-17(16)23/h6-11,13H,4-5,12H2,1-3H3,(H,24,25)/t13-/m1/s1. The van der Waals surface area contributed by atoms with Crippen LogP contribution in [0.2, 0.25) is 0 Å². The molecule has 0 unspecified atom stereocenters. The molecule has 0 aliphatic carbocycles. The maximum absolute atomic E-state index is 13.8. The van der Waals surface area contributed by atoms with Crippen LogP contribution in [0.15, 0.2) is 36.4 Å². The van der Waals surface area contributed by atoms with Crippen molar-refractivity contribution in [2.24, 2.45) is 0 Å². The highest BCUT2D eigenvalue weighted by atomic mass is 19.1. The van der Waals surface area contributed by atoms with Crippen molar-refractivity contribution in [3.05, 3.63) is 59.2 Å². The minimum Gasteiger partial charge on any atom is -0.490 e. The second-order valence-electron chi connectivity index (χ2n) is 6.06. The largest absolute Gasteiger partial charge is 0.490 e. The van der Waals surface area contributed by atoms with E-state index in [2.05, 4.69) is 5.32 Å². The van der Waals surface area contributed by atoms with Gasteiger partial charge in [0.25, 0.3) is 5.91 Å². The summed E-state index contributed by atoms with van der Waals surface area (Å²) in [4.78, 5) is 24.2. The summed E-state index contributed by atoms with van der Waals surface area (Å²) in [6.45, 7) is 5.45. The van der Waals surface area contributed by atoms with Gasteiger partial charge in [0.05, 0.1) is 24.8 Å². The Balaban J connectivity index is 1.95. The Morgan fingerprint density at radius 2 is 1.69 bits per heavy atom. The molecular weight excluding hydrogens is 384 g/mol. The molecule has 0 heterocycles. The van der Waals surface area contributed by atoms with Crippen LogP contribution >= 0.6 is 0 Å². The van der Waals surface area contributed by atoms with Crippen LogP contribution in [0.5, 0.6) is 11.5 Å². The highest BCUT2D eigenvalue weighted by Crippen LogP contribution is 2.28. The van der Waals surface area contributed by atoms with Crippen molar-refractivity contribution < 1.29 is 32.6 Å². The van der Waals surface area contributed by atoms with Crippen LogP contribution < -0.4 is 14.8 Å². The summed E-state index contributed by atoms with van der Waals surface area (Å²) in [7, 11) is 0. The number of carbonyl (C=O) groups excluding carboxylic acids is 2. The van der Waals surface area contributed by atoms with E-state index in [-0.39, 0.29) is 11.1 Å². The fourth-order valence-electron chi connectivity index (χ4n) is 2.61. The minimum atomic E-state index is -0.771. The summed E-state index contributed by atoms with van der Waals surface area (Å²) in [6.07, 6.45) is 0. The zero-order valence-electron chi connectivity index (χ0n) is 16.5. The number of nitrogens with one attached hydrogen (secondary N) is 1. The number of halogens is 2. The van der Waals surface area contributed by atoms with Crippen molar-refractivity contribution in [3.8, 4) is 11.5 Å². The molecule has 2 aromatic rings. The Hall–Kier alpha value is -3.16. The van der Waals surface area contributed by atoms with Gasteiger partial charge in [0.2, 0.25) is 0 Å². The molecule has 8 heteroatoms. The zero-order chi connectivity index (χ0) is 21.4. The van der Waals surface area contributed by atoms with Crippen molar-refractivity contribution in [1.82, 2.24) is 5.32 Å². The first-order chi connectivity index (χ1) is 13.8. The fraction of sp³-hybridized carbons (Fsp3) is 0.333. The average Bonchev–Trinajstić information content (AvgIpc) is 2.67. The van der Waals surface area contributed by atoms with Crippen molar-refractivity contribution in [1.29, 1.82) is 0 Å². The molecule has 1 atom stereocenters. The predicted octanol–water partition coefficient (Wildman–Crippen LogP) is 3.80. The summed E-state index contributed by atoms with van der Waals surface area (Å²) in [5.74, 6) is -1.92. The first-order valence-electron chi connectivity index (χ1n) is 9.16. The molecule has 1 amide bonds. The van der Waals surface area contributed by atoms with E-state index in [1.54, 1.807) is 13.0 Å². The third-order valence-corrected chi connectivity index (χ3v) is 3.92. The van der Waals surface area contributed by atoms with Crippen LogP contribution in [0.25, 0.3) is 0 Å². The lowest BCUT2D eigenvalue weighted by Crippen LogP contribution is -2.31. The summed E-state index contributed by atoms with van der Waals surface area (Å²) >= 11 is 0. The van der Waals surface area contributed by atoms with Crippen LogP contribution in [-0.2, 0) is 9.53 Å². The third kappa shape index (κ3) is 6.17. The molecule has 0 spiro atoms. The lowest BCUT2D eigenvalue weighted by Gasteiger charge is -2.15. The molecule has 0 aliphatic rings. The minimum absolute atomic E-state index is 0.124. The molecule has 0 radical (unpaired) electrons. The van der Waals surface area contributed by atoms with Crippen LogP contribution in [0.4, 0.5) is 8.78 Å². The number of esters is 1. The monoisotopic (exact) mass is 407 g/mol. The molecule has 0 aliphatic heterocycles. The van der Waals surface area contributed by atoms with Gasteiger partial charge in [-0.05, 0) is 45.0 Å². The van der Waals surface area contributed by atoms with Crippen LogP contribution in [0, 0.1) is 11.6 Å². The molecule has 0 saturated carbocycles. The van der Waals surface area contributed by atoms with E-state index in [4.69, 9.17) is 14.2 Å². The molecule has 0 bridgehead atoms. The Bertz CT molecular complexity index is 872. The molecule has 2 rings (SSSR count). The van der Waals surface area contributed by atoms with E-state index >= 15 is 0 Å². The van der Waals surface area contributed by atoms with Crippen molar-refractivity contribution in [3.63, 3.8) is 0 Å². The van der Waals surface area contributed by atoms with Gasteiger partial charge < -0.3 is 19.5 Å². The lowest BCUT2D eigenvalue weighted by atomic mass is 10.1. The van der Waals surface area contributed by atoms with E-state index in [1.807, 2.05) is 6.92 Å². The van der Waals surface area contributed by atoms with Crippen LogP contribution in [-0.4, -0.2) is 31.7 Å². The molecule has 0 fully saturated rings. The number of amides is 1. The summed E-state index contributed by atoms with van der Waals surface area (Å²) < 4.78 is 42.7. The molecule has 0 saturated heterocycles. The first-order valence-corrected chi connectivity index (χ1v) is 9.16. The van der Waals surface area contributed by atoms with Crippen LogP contribution in [0.3, 0.4) is 0 Å². The number of hydrogen-bond donors (Lipinski definition) is 1. The van der Waals surface area contributed by atoms with Gasteiger partial charge in [-0.2, -0.15) is 0 Å². The molecule has 0 aromatic heterocycles. The van der Waals surface area contributed by atoms with E-state index in [1.165, 1.54) is 25.1 Å². The van der Waals surface area contributed by atoms with E-state index in [0.29, 0.717) is 24.7 Å². The molecule has 29 heavy (non-hydrogen) atoms. The summed E-state index contributed by atoms with van der Waals surface area (Å²) in [6, 6.07) is 6.93. The van der Waals surface area contributed by atoms with Crippen molar-refractivity contribution in [2.45, 2.75) is 26.8 Å². The van der Waals surface area contributed by atoms with Gasteiger partial charge in [-0.1, -0.05) is 6.07 Å². The number of ether oxygens (including phenoxy) is 3. The maximum Gasteiger partial charge on any atom is 0.338 e. The Labute approximate surface area is 167 Å². The van der Waals surface area contributed by atoms with E-state index in [9.17, 15) is 18.4 Å². The topological polar surface area (TPSA) is 73.9 Å². The third-order valence-electron chi connectivity index (χ3n) is 3.92.